The summed E-state index contributed by atoms with van der Waals surface area (Å²) in [6.45, 7) is 5.11. The molecular weight excluding hydrogens is 575 g/mol. The van der Waals surface area contributed by atoms with Gasteiger partial charge in [-0.05, 0) is 20.3 Å². The Balaban J connectivity index is 1.53. The second-order valence-electron chi connectivity index (χ2n) is 10.1. The summed E-state index contributed by atoms with van der Waals surface area (Å²) in [6.07, 6.45) is 2.38. The van der Waals surface area contributed by atoms with E-state index in [2.05, 4.69) is 30.1 Å². The molecule has 5 rings (SSSR count). The highest BCUT2D eigenvalue weighted by molar-refractivity contribution is 7.91. The van der Waals surface area contributed by atoms with Crippen molar-refractivity contribution in [3.8, 4) is 17.4 Å². The second-order valence-corrected chi connectivity index (χ2v) is 12.3. The highest BCUT2D eigenvalue weighted by Crippen LogP contribution is 2.34. The van der Waals surface area contributed by atoms with Crippen LogP contribution in [-0.2, 0) is 29.8 Å². The van der Waals surface area contributed by atoms with Crippen LogP contribution in [-0.4, -0.2) is 108 Å². The van der Waals surface area contributed by atoms with E-state index in [0.717, 1.165) is 12.4 Å². The van der Waals surface area contributed by atoms with E-state index in [1.54, 1.807) is 4.90 Å². The van der Waals surface area contributed by atoms with E-state index in [9.17, 15) is 12.8 Å². The van der Waals surface area contributed by atoms with Gasteiger partial charge in [0.1, 0.15) is 18.2 Å². The maximum Gasteiger partial charge on any atom is 0.245 e. The zero-order valence-corrected chi connectivity index (χ0v) is 24.5. The van der Waals surface area contributed by atoms with Crippen molar-refractivity contribution in [2.75, 3.05) is 52.0 Å². The molecule has 0 radical (unpaired) electrons. The number of anilines is 1. The van der Waals surface area contributed by atoms with Crippen LogP contribution in [0.15, 0.2) is 18.7 Å². The van der Waals surface area contributed by atoms with Crippen molar-refractivity contribution < 1.29 is 36.5 Å². The van der Waals surface area contributed by atoms with Gasteiger partial charge < -0.3 is 28.6 Å². The predicted molar refractivity (Wildman–Crippen MR) is 145 cm³/mol. The molecule has 15 nitrogen and oxygen atoms in total. The Bertz CT molecular complexity index is 1450. The number of hydrogen-bond donors (Lipinski definition) is 0. The molecule has 42 heavy (non-hydrogen) atoms. The minimum absolute atomic E-state index is 0.0770. The van der Waals surface area contributed by atoms with Gasteiger partial charge in [0.25, 0.3) is 0 Å². The molecule has 0 amide bonds. The van der Waals surface area contributed by atoms with Crippen molar-refractivity contribution in [3.63, 3.8) is 0 Å². The average Bonchev–Trinajstić information content (AvgIpc) is 3.39. The van der Waals surface area contributed by atoms with Gasteiger partial charge in [-0.2, -0.15) is 9.97 Å². The molecular formula is C25H33FN8O7S. The fraction of sp³-hybridized carbons (Fsp3) is 0.600. The SMILES string of the molecule is COc1ncnc(OC)c1-n1c(CS(=O)(=O)C2C[C@@H](OC(C)C)CN(c3ncc(F)cn3)C2)nnc1[C@@H]1COCCO1. The number of halogens is 1. The molecule has 2 saturated heterocycles. The van der Waals surface area contributed by atoms with Crippen LogP contribution in [0, 0.1) is 5.82 Å². The summed E-state index contributed by atoms with van der Waals surface area (Å²) in [4.78, 5) is 18.2. The Morgan fingerprint density at radius 2 is 1.76 bits per heavy atom. The zero-order chi connectivity index (χ0) is 29.9. The van der Waals surface area contributed by atoms with Gasteiger partial charge in [0.05, 0.1) is 63.9 Å². The van der Waals surface area contributed by atoms with Gasteiger partial charge in [-0.3, -0.25) is 4.57 Å². The molecule has 1 unspecified atom stereocenters. The van der Waals surface area contributed by atoms with E-state index >= 15 is 0 Å². The molecule has 0 spiro atoms. The van der Waals surface area contributed by atoms with Crippen molar-refractivity contribution in [1.29, 1.82) is 0 Å². The molecule has 3 aromatic rings. The van der Waals surface area contributed by atoms with E-state index in [4.69, 9.17) is 23.7 Å². The van der Waals surface area contributed by atoms with Crippen LogP contribution in [0.5, 0.6) is 11.8 Å². The van der Waals surface area contributed by atoms with Crippen LogP contribution in [0.2, 0.25) is 0 Å². The predicted octanol–water partition coefficient (Wildman–Crippen LogP) is 1.08. The largest absolute Gasteiger partial charge is 0.479 e. The zero-order valence-electron chi connectivity index (χ0n) is 23.7. The smallest absolute Gasteiger partial charge is 0.245 e. The lowest BCUT2D eigenvalue weighted by Crippen LogP contribution is -2.51. The van der Waals surface area contributed by atoms with E-state index in [1.165, 1.54) is 25.1 Å². The number of hydrogen-bond acceptors (Lipinski definition) is 14. The minimum atomic E-state index is -3.91. The Kier molecular flexibility index (Phi) is 9.10. The summed E-state index contributed by atoms with van der Waals surface area (Å²) < 4.78 is 71.6. The molecule has 2 aliphatic rings. The van der Waals surface area contributed by atoms with Crippen LogP contribution in [0.4, 0.5) is 10.3 Å². The highest BCUT2D eigenvalue weighted by atomic mass is 32.2. The fourth-order valence-electron chi connectivity index (χ4n) is 5.03. The number of aromatic nitrogens is 7. The average molecular weight is 609 g/mol. The monoisotopic (exact) mass is 608 g/mol. The molecule has 2 fully saturated rings. The second kappa shape index (κ2) is 12.8. The lowest BCUT2D eigenvalue weighted by Gasteiger charge is -2.38. The van der Waals surface area contributed by atoms with Gasteiger partial charge in [0, 0.05) is 13.1 Å². The Hall–Kier alpha value is -3.54. The summed E-state index contributed by atoms with van der Waals surface area (Å²) in [7, 11) is -1.06. The number of piperidine rings is 1. The first-order valence-corrected chi connectivity index (χ1v) is 15.1. The van der Waals surface area contributed by atoms with Crippen LogP contribution >= 0.6 is 0 Å². The minimum Gasteiger partial charge on any atom is -0.479 e. The van der Waals surface area contributed by atoms with E-state index in [-0.39, 0.29) is 60.7 Å². The normalized spacial score (nSPS) is 21.5. The summed E-state index contributed by atoms with van der Waals surface area (Å²) in [5, 5.41) is 7.69. The third kappa shape index (κ3) is 6.43. The van der Waals surface area contributed by atoms with Crippen molar-refractivity contribution in [3.05, 3.63) is 36.2 Å². The number of nitrogens with zero attached hydrogens (tertiary/aromatic N) is 8. The first-order chi connectivity index (χ1) is 20.2. The van der Waals surface area contributed by atoms with E-state index in [1.807, 2.05) is 13.8 Å². The standard InChI is InChI=1S/C25H33FN8O7S/c1-15(2)41-17-7-18(11-33(10-17)25-27-8-16(26)9-28-25)42(35,36)13-20-31-32-22(19-12-39-5-6-40-19)34(20)21-23(37-3)29-14-30-24(21)38-4/h8-9,14-15,17-19H,5-7,10-13H2,1-4H3/t17-,18?,19+/m1/s1. The Morgan fingerprint density at radius 1 is 1.05 bits per heavy atom. The van der Waals surface area contributed by atoms with Crippen LogP contribution in [0.1, 0.15) is 38.0 Å². The van der Waals surface area contributed by atoms with Crippen LogP contribution < -0.4 is 14.4 Å². The number of ether oxygens (including phenoxy) is 5. The summed E-state index contributed by atoms with van der Waals surface area (Å²) >= 11 is 0. The highest BCUT2D eigenvalue weighted by Gasteiger charge is 2.39. The molecule has 0 bridgehead atoms. The van der Waals surface area contributed by atoms with Gasteiger partial charge in [0.2, 0.25) is 17.7 Å². The molecule has 0 N–H and O–H groups in total. The third-order valence-corrected chi connectivity index (χ3v) is 8.81. The Labute approximate surface area is 242 Å². The van der Waals surface area contributed by atoms with Crippen LogP contribution in [0.3, 0.4) is 0 Å². The van der Waals surface area contributed by atoms with E-state index in [0.29, 0.717) is 19.8 Å². The molecule has 0 aromatic carbocycles. The third-order valence-electron chi connectivity index (χ3n) is 6.79. The topological polar surface area (TPSA) is 166 Å². The van der Waals surface area contributed by atoms with Crippen molar-refractivity contribution in [2.45, 2.75) is 49.6 Å². The molecule has 17 heteroatoms. The van der Waals surface area contributed by atoms with Crippen LogP contribution in [0.25, 0.3) is 5.69 Å². The molecule has 228 valence electrons. The van der Waals surface area contributed by atoms with Crippen molar-refractivity contribution in [2.24, 2.45) is 0 Å². The van der Waals surface area contributed by atoms with Gasteiger partial charge in [-0.25, -0.2) is 22.8 Å². The molecule has 3 atom stereocenters. The van der Waals surface area contributed by atoms with Crippen molar-refractivity contribution >= 4 is 15.8 Å². The maximum atomic E-state index is 14.1. The number of sulfone groups is 1. The van der Waals surface area contributed by atoms with E-state index < -0.39 is 38.9 Å². The summed E-state index contributed by atoms with van der Waals surface area (Å²) in [5.41, 5.74) is 0.230. The number of methoxy groups -OCH3 is 2. The Morgan fingerprint density at radius 3 is 2.38 bits per heavy atom. The quantitative estimate of drug-likeness (QED) is 0.321. The fourth-order valence-corrected chi connectivity index (χ4v) is 6.73. The molecule has 5 heterocycles. The summed E-state index contributed by atoms with van der Waals surface area (Å²) in [6, 6.07) is 0. The molecule has 2 aliphatic heterocycles. The number of rotatable bonds is 10. The lowest BCUT2D eigenvalue weighted by molar-refractivity contribution is -0.0942. The summed E-state index contributed by atoms with van der Waals surface area (Å²) in [5.74, 6) is -0.245. The van der Waals surface area contributed by atoms with Gasteiger partial charge >= 0.3 is 0 Å². The van der Waals surface area contributed by atoms with Gasteiger partial charge in [0.15, 0.2) is 33.0 Å². The molecule has 3 aromatic heterocycles. The first-order valence-electron chi connectivity index (χ1n) is 13.4. The van der Waals surface area contributed by atoms with Gasteiger partial charge in [-0.1, -0.05) is 0 Å². The molecule has 0 aliphatic carbocycles. The maximum absolute atomic E-state index is 14.1. The van der Waals surface area contributed by atoms with Crippen molar-refractivity contribution in [1.82, 2.24) is 34.7 Å². The molecule has 0 saturated carbocycles. The lowest BCUT2D eigenvalue weighted by atomic mass is 10.1. The first kappa shape index (κ1) is 29.9. The van der Waals surface area contributed by atoms with Gasteiger partial charge in [-0.15, -0.1) is 10.2 Å².